The Kier molecular flexibility index (Phi) is 7.43. The molecule has 0 aliphatic carbocycles. The number of piperazine rings is 1. The molecular formula is C28H32N4O4. The number of benzene rings is 1. The lowest BCUT2D eigenvalue weighted by Gasteiger charge is -2.37. The summed E-state index contributed by atoms with van der Waals surface area (Å²) in [5.41, 5.74) is 2.94. The summed E-state index contributed by atoms with van der Waals surface area (Å²) in [7, 11) is 0. The van der Waals surface area contributed by atoms with E-state index in [0.29, 0.717) is 31.9 Å². The summed E-state index contributed by atoms with van der Waals surface area (Å²) in [4.78, 5) is 43.4. The molecular weight excluding hydrogens is 456 g/mol. The molecule has 0 unspecified atom stereocenters. The largest absolute Gasteiger partial charge is 0.464 e. The van der Waals surface area contributed by atoms with Crippen LogP contribution in [0, 0.1) is 20.8 Å². The zero-order chi connectivity index (χ0) is 25.8. The molecule has 2 aromatic heterocycles. The molecule has 1 aromatic carbocycles. The minimum absolute atomic E-state index is 0.0234. The summed E-state index contributed by atoms with van der Waals surface area (Å²) in [5, 5.41) is 2.64. The Morgan fingerprint density at radius 3 is 2.42 bits per heavy atom. The van der Waals surface area contributed by atoms with E-state index in [1.54, 1.807) is 9.47 Å². The SMILES string of the molecule is C=CCNC(=O)c1cn(Cc2ccc(C)o2)cc(C(=O)N2CCN(c3cccc(C)c3C)CC2)c1=O. The molecule has 1 aliphatic heterocycles. The van der Waals surface area contributed by atoms with Gasteiger partial charge in [0.15, 0.2) is 0 Å². The van der Waals surface area contributed by atoms with Crippen LogP contribution < -0.4 is 15.6 Å². The highest BCUT2D eigenvalue weighted by Crippen LogP contribution is 2.24. The number of hydrogen-bond donors (Lipinski definition) is 1. The van der Waals surface area contributed by atoms with Crippen LogP contribution in [0.2, 0.25) is 0 Å². The predicted octanol–water partition coefficient (Wildman–Crippen LogP) is 3.29. The van der Waals surface area contributed by atoms with Gasteiger partial charge in [-0.15, -0.1) is 6.58 Å². The molecule has 0 radical (unpaired) electrons. The van der Waals surface area contributed by atoms with Crippen LogP contribution in [0.4, 0.5) is 5.69 Å². The predicted molar refractivity (Wildman–Crippen MR) is 140 cm³/mol. The number of furan rings is 1. The van der Waals surface area contributed by atoms with Gasteiger partial charge in [-0.25, -0.2) is 0 Å². The van der Waals surface area contributed by atoms with Gasteiger partial charge in [0.2, 0.25) is 5.43 Å². The van der Waals surface area contributed by atoms with Crippen LogP contribution in [0.25, 0.3) is 0 Å². The Morgan fingerprint density at radius 2 is 1.75 bits per heavy atom. The quantitative estimate of drug-likeness (QED) is 0.516. The van der Waals surface area contributed by atoms with Gasteiger partial charge in [0.25, 0.3) is 11.8 Å². The van der Waals surface area contributed by atoms with E-state index in [9.17, 15) is 14.4 Å². The molecule has 36 heavy (non-hydrogen) atoms. The van der Waals surface area contributed by atoms with Crippen molar-refractivity contribution in [2.75, 3.05) is 37.6 Å². The average molecular weight is 489 g/mol. The van der Waals surface area contributed by atoms with Crippen molar-refractivity contribution in [3.05, 3.63) is 99.4 Å². The standard InChI is InChI=1S/C28H32N4O4/c1-5-11-29-27(34)23-17-30(16-22-10-9-20(3)36-22)18-24(26(23)33)28(35)32-14-12-31(13-15-32)25-8-6-7-19(2)21(25)4/h5-10,17-18H,1,11-16H2,2-4H3,(H,29,34). The van der Waals surface area contributed by atoms with Gasteiger partial charge in [-0.1, -0.05) is 18.2 Å². The second-order valence-corrected chi connectivity index (χ2v) is 9.10. The number of pyridine rings is 1. The van der Waals surface area contributed by atoms with Gasteiger partial charge in [-0.3, -0.25) is 14.4 Å². The van der Waals surface area contributed by atoms with Gasteiger partial charge in [-0.05, 0) is 50.1 Å². The second kappa shape index (κ2) is 10.7. The molecule has 4 rings (SSSR count). The third kappa shape index (κ3) is 5.27. The first-order chi connectivity index (χ1) is 17.3. The van der Waals surface area contributed by atoms with Crippen LogP contribution in [-0.2, 0) is 6.54 Å². The number of carbonyl (C=O) groups excluding carboxylic acids is 2. The van der Waals surface area contributed by atoms with Crippen LogP contribution >= 0.6 is 0 Å². The van der Waals surface area contributed by atoms with Crippen LogP contribution in [0.5, 0.6) is 0 Å². The molecule has 0 saturated carbocycles. The monoisotopic (exact) mass is 488 g/mol. The second-order valence-electron chi connectivity index (χ2n) is 9.10. The molecule has 0 spiro atoms. The Labute approximate surface area is 210 Å². The van der Waals surface area contributed by atoms with Gasteiger partial charge >= 0.3 is 0 Å². The van der Waals surface area contributed by atoms with Gasteiger partial charge in [0.1, 0.15) is 22.6 Å². The van der Waals surface area contributed by atoms with E-state index < -0.39 is 11.3 Å². The fourth-order valence-corrected chi connectivity index (χ4v) is 4.45. The first kappa shape index (κ1) is 25.0. The van der Waals surface area contributed by atoms with E-state index in [4.69, 9.17) is 4.42 Å². The Morgan fingerprint density at radius 1 is 1.03 bits per heavy atom. The number of carbonyl (C=O) groups is 2. The number of aromatic nitrogens is 1. The van der Waals surface area contributed by atoms with E-state index in [2.05, 4.69) is 42.8 Å². The summed E-state index contributed by atoms with van der Waals surface area (Å²) in [5.74, 6) is 0.504. The minimum Gasteiger partial charge on any atom is -0.464 e. The zero-order valence-electron chi connectivity index (χ0n) is 21.0. The Hall–Kier alpha value is -4.07. The van der Waals surface area contributed by atoms with Gasteiger partial charge in [0.05, 0.1) is 6.54 Å². The van der Waals surface area contributed by atoms with Crippen LogP contribution in [0.3, 0.4) is 0 Å². The van der Waals surface area contributed by atoms with Crippen molar-refractivity contribution in [3.8, 4) is 0 Å². The number of amides is 2. The highest BCUT2D eigenvalue weighted by molar-refractivity contribution is 5.99. The first-order valence-corrected chi connectivity index (χ1v) is 12.1. The number of anilines is 1. The average Bonchev–Trinajstić information content (AvgIpc) is 3.29. The summed E-state index contributed by atoms with van der Waals surface area (Å²) >= 11 is 0. The number of nitrogens with zero attached hydrogens (tertiary/aromatic N) is 3. The molecule has 1 fully saturated rings. The van der Waals surface area contributed by atoms with Crippen molar-refractivity contribution >= 4 is 17.5 Å². The number of rotatable bonds is 7. The molecule has 8 heteroatoms. The van der Waals surface area contributed by atoms with E-state index in [1.165, 1.54) is 35.3 Å². The minimum atomic E-state index is -0.578. The van der Waals surface area contributed by atoms with Crippen LogP contribution in [0.15, 0.2) is 64.6 Å². The number of aryl methyl sites for hydroxylation is 2. The van der Waals surface area contributed by atoms with Crippen LogP contribution in [0.1, 0.15) is 43.4 Å². The normalized spacial score (nSPS) is 13.5. The van der Waals surface area contributed by atoms with Gasteiger partial charge < -0.3 is 24.1 Å². The summed E-state index contributed by atoms with van der Waals surface area (Å²) in [6, 6.07) is 9.91. The molecule has 2 amide bonds. The van der Waals surface area contributed by atoms with Crippen molar-refractivity contribution in [2.45, 2.75) is 27.3 Å². The Balaban J connectivity index is 1.59. The van der Waals surface area contributed by atoms with Crippen molar-refractivity contribution in [3.63, 3.8) is 0 Å². The lowest BCUT2D eigenvalue weighted by molar-refractivity contribution is 0.0744. The van der Waals surface area contributed by atoms with Gasteiger partial charge in [-0.2, -0.15) is 0 Å². The number of hydrogen-bond acceptors (Lipinski definition) is 5. The lowest BCUT2D eigenvalue weighted by Crippen LogP contribution is -2.50. The number of nitrogens with one attached hydrogen (secondary N) is 1. The third-order valence-corrected chi connectivity index (χ3v) is 6.58. The highest BCUT2D eigenvalue weighted by Gasteiger charge is 2.27. The van der Waals surface area contributed by atoms with Gasteiger partial charge in [0, 0.05) is 50.8 Å². The fourth-order valence-electron chi connectivity index (χ4n) is 4.45. The maximum absolute atomic E-state index is 13.5. The molecule has 1 N–H and O–H groups in total. The highest BCUT2D eigenvalue weighted by atomic mass is 16.3. The molecule has 0 bridgehead atoms. The molecule has 0 atom stereocenters. The zero-order valence-corrected chi connectivity index (χ0v) is 21.0. The van der Waals surface area contributed by atoms with Crippen LogP contribution in [-0.4, -0.2) is 54.0 Å². The third-order valence-electron chi connectivity index (χ3n) is 6.58. The van der Waals surface area contributed by atoms with Crippen molar-refractivity contribution in [1.82, 2.24) is 14.8 Å². The maximum atomic E-state index is 13.5. The van der Waals surface area contributed by atoms with E-state index >= 15 is 0 Å². The van der Waals surface area contributed by atoms with Crippen molar-refractivity contribution in [2.24, 2.45) is 0 Å². The molecule has 3 heterocycles. The molecule has 1 saturated heterocycles. The van der Waals surface area contributed by atoms with Crippen molar-refractivity contribution in [1.29, 1.82) is 0 Å². The molecule has 1 aliphatic rings. The molecule has 188 valence electrons. The molecule has 8 nitrogen and oxygen atoms in total. The van der Waals surface area contributed by atoms with E-state index in [1.807, 2.05) is 25.1 Å². The lowest BCUT2D eigenvalue weighted by atomic mass is 10.1. The first-order valence-electron chi connectivity index (χ1n) is 12.1. The smallest absolute Gasteiger partial charge is 0.259 e. The molecule has 3 aromatic rings. The summed E-state index contributed by atoms with van der Waals surface area (Å²) in [6.45, 7) is 12.4. The van der Waals surface area contributed by atoms with E-state index in [0.717, 1.165) is 5.76 Å². The Bertz CT molecular complexity index is 1350. The summed E-state index contributed by atoms with van der Waals surface area (Å²) < 4.78 is 7.31. The maximum Gasteiger partial charge on any atom is 0.259 e. The topological polar surface area (TPSA) is 87.8 Å². The fraction of sp³-hybridized carbons (Fsp3) is 0.321. The van der Waals surface area contributed by atoms with E-state index in [-0.39, 0.29) is 30.1 Å². The summed E-state index contributed by atoms with van der Waals surface area (Å²) in [6.07, 6.45) is 4.52. The van der Waals surface area contributed by atoms with Crippen molar-refractivity contribution < 1.29 is 14.0 Å².